The number of nitrogens with two attached hydrogens (primary N) is 1. The predicted octanol–water partition coefficient (Wildman–Crippen LogP) is 4.95. The fourth-order valence-electron chi connectivity index (χ4n) is 6.19. The zero-order valence-electron chi connectivity index (χ0n) is 28.2. The molecule has 47 heavy (non-hydrogen) atoms. The number of hydrogen-bond acceptors (Lipinski definition) is 8. The van der Waals surface area contributed by atoms with E-state index < -0.39 is 39.3 Å². The van der Waals surface area contributed by atoms with E-state index in [9.17, 15) is 28.0 Å². The summed E-state index contributed by atoms with van der Waals surface area (Å²) in [6.45, 7) is 11.2. The lowest BCUT2D eigenvalue weighted by Gasteiger charge is -2.43. The molecule has 12 heteroatoms. The summed E-state index contributed by atoms with van der Waals surface area (Å²) in [6, 6.07) is 14.8. The van der Waals surface area contributed by atoms with E-state index in [2.05, 4.69) is 12.3 Å². The Bertz CT molecular complexity index is 1420. The van der Waals surface area contributed by atoms with E-state index in [1.54, 1.807) is 17.6 Å². The van der Waals surface area contributed by atoms with Crippen LogP contribution < -0.4 is 16.7 Å². The first-order valence-corrected chi connectivity index (χ1v) is 17.6. The highest BCUT2D eigenvalue weighted by Crippen LogP contribution is 2.38. The maximum Gasteiger partial charge on any atom is 0.294 e. The topological polar surface area (TPSA) is 179 Å². The number of amides is 2. The van der Waals surface area contributed by atoms with Crippen LogP contribution in [0.4, 0.5) is 0 Å². The van der Waals surface area contributed by atoms with Crippen LogP contribution in [0, 0.1) is 30.1 Å². The van der Waals surface area contributed by atoms with E-state index >= 15 is 0 Å². The molecule has 260 valence electrons. The van der Waals surface area contributed by atoms with Gasteiger partial charge < -0.3 is 0 Å². The summed E-state index contributed by atoms with van der Waals surface area (Å²) in [6.07, 6.45) is 7.05. The predicted molar refractivity (Wildman–Crippen MR) is 182 cm³/mol. The molecule has 11 nitrogen and oxygen atoms in total. The van der Waals surface area contributed by atoms with Gasteiger partial charge in [0.2, 0.25) is 11.8 Å². The minimum absolute atomic E-state index is 0.0583. The third-order valence-electron chi connectivity index (χ3n) is 8.60. The van der Waals surface area contributed by atoms with Gasteiger partial charge in [-0.2, -0.15) is 8.42 Å². The summed E-state index contributed by atoms with van der Waals surface area (Å²) in [5.41, 5.74) is 4.60. The first-order chi connectivity index (χ1) is 22.2. The van der Waals surface area contributed by atoms with Gasteiger partial charge in [0.15, 0.2) is 5.78 Å². The molecule has 0 radical (unpaired) electrons. The lowest BCUT2D eigenvalue weighted by Crippen LogP contribution is -2.61. The van der Waals surface area contributed by atoms with Crippen molar-refractivity contribution in [2.24, 2.45) is 29.0 Å². The number of Topliss-reactive ketones (excluding diaryl/α,β-unsaturated/α-hetero) is 1. The number of piperidine rings is 1. The van der Waals surface area contributed by atoms with Gasteiger partial charge in [0, 0.05) is 0 Å². The Kier molecular flexibility index (Phi) is 15.9. The van der Waals surface area contributed by atoms with Crippen molar-refractivity contribution in [3.05, 3.63) is 71.8 Å². The SMILES string of the molecule is CCCC(CC(C)C)(C(=O)NN)C(=O)[C@@H]([C@H](C/C=C/c1ccccc1)C(=O)NO)N1CCC(C)CC1.Cc1ccc(S(=O)(=O)O)cc1. The Morgan fingerprint density at radius 1 is 1.06 bits per heavy atom. The standard InChI is InChI=1S/C28H44N4O4.C7H8O3S/c1-5-16-28(19-20(2)3,27(35)30-29)25(33)24(32-17-14-21(4)15-18-32)23(26(34)31-36)13-9-12-22-10-7-6-8-11-22;1-6-2-4-7(5-3-6)11(8,9)10/h6-12,20-21,23-24,36H,5,13-19,29H2,1-4H3,(H,30,35)(H,31,34);2-5H,1H3,(H,8,9,10)/b12-9+;/t23-,24+,28?;/m0./s1. The number of carbonyl (C=O) groups is 3. The maximum absolute atomic E-state index is 14.5. The minimum Gasteiger partial charge on any atom is -0.297 e. The van der Waals surface area contributed by atoms with Crippen LogP contribution >= 0.6 is 0 Å². The van der Waals surface area contributed by atoms with E-state index in [1.807, 2.05) is 75.1 Å². The van der Waals surface area contributed by atoms with Crippen LogP contribution in [-0.2, 0) is 24.5 Å². The Balaban J connectivity index is 0.000000587. The highest BCUT2D eigenvalue weighted by molar-refractivity contribution is 7.85. The molecule has 0 aromatic heterocycles. The van der Waals surface area contributed by atoms with Crippen molar-refractivity contribution < 1.29 is 32.6 Å². The molecule has 2 aromatic rings. The largest absolute Gasteiger partial charge is 0.297 e. The number of ketones is 1. The summed E-state index contributed by atoms with van der Waals surface area (Å²) in [4.78, 5) is 42.8. The third-order valence-corrected chi connectivity index (χ3v) is 9.47. The van der Waals surface area contributed by atoms with Crippen molar-refractivity contribution in [1.82, 2.24) is 15.8 Å². The van der Waals surface area contributed by atoms with Crippen molar-refractivity contribution in [3.8, 4) is 0 Å². The van der Waals surface area contributed by atoms with Crippen molar-refractivity contribution in [2.45, 2.75) is 84.1 Å². The number of nitrogens with one attached hydrogen (secondary N) is 2. The summed E-state index contributed by atoms with van der Waals surface area (Å²) in [5, 5.41) is 9.65. The molecule has 2 aromatic carbocycles. The van der Waals surface area contributed by atoms with Crippen LogP contribution in [0.25, 0.3) is 6.08 Å². The van der Waals surface area contributed by atoms with Crippen LogP contribution in [-0.4, -0.2) is 59.8 Å². The van der Waals surface area contributed by atoms with E-state index in [4.69, 9.17) is 10.4 Å². The quantitative estimate of drug-likeness (QED) is 0.0464. The Labute approximate surface area is 279 Å². The average molecular weight is 673 g/mol. The zero-order chi connectivity index (χ0) is 35.2. The summed E-state index contributed by atoms with van der Waals surface area (Å²) in [7, 11) is -4.02. The van der Waals surface area contributed by atoms with E-state index in [0.29, 0.717) is 38.3 Å². The number of benzene rings is 2. The molecule has 3 atom stereocenters. The third kappa shape index (κ3) is 11.7. The second-order valence-corrected chi connectivity index (χ2v) is 14.3. The van der Waals surface area contributed by atoms with Gasteiger partial charge in [-0.25, -0.2) is 11.3 Å². The second-order valence-electron chi connectivity index (χ2n) is 12.9. The fourth-order valence-corrected chi connectivity index (χ4v) is 6.67. The van der Waals surface area contributed by atoms with Crippen molar-refractivity contribution in [3.63, 3.8) is 0 Å². The highest BCUT2D eigenvalue weighted by Gasteiger charge is 2.52. The molecule has 1 saturated heterocycles. The summed E-state index contributed by atoms with van der Waals surface area (Å²) in [5.74, 6) is 3.88. The zero-order valence-corrected chi connectivity index (χ0v) is 29.0. The highest BCUT2D eigenvalue weighted by atomic mass is 32.2. The van der Waals surface area contributed by atoms with Gasteiger partial charge >= 0.3 is 0 Å². The molecule has 1 aliphatic rings. The summed E-state index contributed by atoms with van der Waals surface area (Å²) >= 11 is 0. The monoisotopic (exact) mass is 672 g/mol. The van der Waals surface area contributed by atoms with E-state index in [-0.39, 0.29) is 23.0 Å². The van der Waals surface area contributed by atoms with Gasteiger partial charge in [0.05, 0.1) is 16.9 Å². The minimum atomic E-state index is -4.02. The molecule has 0 spiro atoms. The van der Waals surface area contributed by atoms with E-state index in [1.165, 1.54) is 12.1 Å². The first-order valence-electron chi connectivity index (χ1n) is 16.2. The molecule has 0 aliphatic carbocycles. The van der Waals surface area contributed by atoms with Crippen LogP contribution in [0.2, 0.25) is 0 Å². The molecule has 1 fully saturated rings. The molecule has 0 saturated carbocycles. The fraction of sp³-hybridized carbons (Fsp3) is 0.514. The molecular formula is C35H52N4O7S. The lowest BCUT2D eigenvalue weighted by molar-refractivity contribution is -0.153. The van der Waals surface area contributed by atoms with Gasteiger partial charge in [0.1, 0.15) is 5.41 Å². The maximum atomic E-state index is 14.5. The molecule has 6 N–H and O–H groups in total. The normalized spacial score (nSPS) is 16.9. The molecular weight excluding hydrogens is 620 g/mol. The van der Waals surface area contributed by atoms with Crippen molar-refractivity contribution in [2.75, 3.05) is 13.1 Å². The molecule has 2 amide bonds. The van der Waals surface area contributed by atoms with Crippen LogP contribution in [0.1, 0.15) is 77.3 Å². The molecule has 1 heterocycles. The first kappa shape index (κ1) is 39.8. The number of aryl methyl sites for hydroxylation is 1. The Morgan fingerprint density at radius 2 is 1.66 bits per heavy atom. The van der Waals surface area contributed by atoms with Gasteiger partial charge in [0.25, 0.3) is 10.1 Å². The molecule has 1 aliphatic heterocycles. The number of nitrogens with zero attached hydrogens (tertiary/aromatic N) is 1. The van der Waals surface area contributed by atoms with Gasteiger partial charge in [-0.3, -0.25) is 34.5 Å². The number of hydroxylamine groups is 1. The van der Waals surface area contributed by atoms with Gasteiger partial charge in [-0.15, -0.1) is 0 Å². The Hall–Kier alpha value is -3.42. The molecule has 3 rings (SSSR count). The number of rotatable bonds is 14. The number of hydrogen-bond donors (Lipinski definition) is 5. The molecule has 1 unspecified atom stereocenters. The number of likely N-dealkylation sites (tertiary alicyclic amines) is 1. The van der Waals surface area contributed by atoms with Crippen LogP contribution in [0.3, 0.4) is 0 Å². The van der Waals surface area contributed by atoms with Gasteiger partial charge in [-0.1, -0.05) is 94.3 Å². The van der Waals surface area contributed by atoms with Crippen molar-refractivity contribution in [1.29, 1.82) is 0 Å². The Morgan fingerprint density at radius 3 is 2.15 bits per heavy atom. The van der Waals surface area contributed by atoms with Crippen molar-refractivity contribution >= 4 is 33.8 Å². The number of hydrazine groups is 1. The van der Waals surface area contributed by atoms with Crippen LogP contribution in [0.5, 0.6) is 0 Å². The number of carbonyl (C=O) groups excluding carboxylic acids is 3. The molecule has 0 bridgehead atoms. The van der Waals surface area contributed by atoms with Gasteiger partial charge in [-0.05, 0) is 81.6 Å². The average Bonchev–Trinajstić information content (AvgIpc) is 3.04. The second kappa shape index (κ2) is 18.8. The van der Waals surface area contributed by atoms with E-state index in [0.717, 1.165) is 24.0 Å². The smallest absolute Gasteiger partial charge is 0.294 e. The number of allylic oxidation sites excluding steroid dienone is 1. The lowest BCUT2D eigenvalue weighted by atomic mass is 9.68. The van der Waals surface area contributed by atoms with Crippen LogP contribution in [0.15, 0.2) is 65.6 Å². The summed E-state index contributed by atoms with van der Waals surface area (Å²) < 4.78 is 29.6.